The molecule has 2 aromatic carbocycles. The van der Waals surface area contributed by atoms with E-state index in [0.717, 1.165) is 34.0 Å². The average molecular weight is 485 g/mol. The minimum Gasteiger partial charge on any atom is -0.469 e. The van der Waals surface area contributed by atoms with Crippen molar-refractivity contribution in [2.45, 2.75) is 25.9 Å². The number of hydrogen-bond acceptors (Lipinski definition) is 6. The van der Waals surface area contributed by atoms with E-state index in [9.17, 15) is 4.79 Å². The summed E-state index contributed by atoms with van der Waals surface area (Å²) in [5.41, 5.74) is 4.62. The summed E-state index contributed by atoms with van der Waals surface area (Å²) in [6, 6.07) is 21.5. The topological polar surface area (TPSA) is 90.8 Å². The van der Waals surface area contributed by atoms with Crippen LogP contribution in [0.5, 0.6) is 0 Å². The lowest BCUT2D eigenvalue weighted by Crippen LogP contribution is -2.17. The van der Waals surface area contributed by atoms with Gasteiger partial charge >= 0.3 is 0 Å². The molecule has 3 aromatic heterocycles. The van der Waals surface area contributed by atoms with Gasteiger partial charge in [-0.1, -0.05) is 47.7 Å². The summed E-state index contributed by atoms with van der Waals surface area (Å²) < 4.78 is 9.16. The number of aromatic nitrogens is 5. The number of carbonyl (C=O) groups is 1. The average Bonchev–Trinajstić information content (AvgIpc) is 3.56. The van der Waals surface area contributed by atoms with Gasteiger partial charge in [0.05, 0.1) is 29.0 Å². The summed E-state index contributed by atoms with van der Waals surface area (Å²) in [4.78, 5) is 12.9. The molecule has 35 heavy (non-hydrogen) atoms. The molecule has 9 heteroatoms. The summed E-state index contributed by atoms with van der Waals surface area (Å²) in [7, 11) is 0. The van der Waals surface area contributed by atoms with Crippen molar-refractivity contribution >= 4 is 23.5 Å². The molecule has 0 aliphatic carbocycles. The van der Waals surface area contributed by atoms with Gasteiger partial charge in [-0.25, -0.2) is 4.68 Å². The Bertz CT molecular complexity index is 1470. The molecule has 0 aliphatic heterocycles. The Morgan fingerprint density at radius 2 is 1.74 bits per heavy atom. The number of amides is 1. The summed E-state index contributed by atoms with van der Waals surface area (Å²) in [6.45, 7) is 5.82. The number of para-hydroxylation sites is 1. The number of furan rings is 1. The van der Waals surface area contributed by atoms with Gasteiger partial charge in [0.15, 0.2) is 11.0 Å². The third kappa shape index (κ3) is 4.76. The van der Waals surface area contributed by atoms with E-state index < -0.39 is 0 Å². The normalized spacial score (nSPS) is 11.1. The number of benzene rings is 2. The van der Waals surface area contributed by atoms with E-state index in [1.54, 1.807) is 10.9 Å². The lowest BCUT2D eigenvalue weighted by Gasteiger charge is -2.11. The molecule has 0 aliphatic rings. The quantitative estimate of drug-likeness (QED) is 0.312. The molecule has 0 spiro atoms. The Balaban J connectivity index is 1.37. The van der Waals surface area contributed by atoms with E-state index in [1.807, 2.05) is 92.1 Å². The van der Waals surface area contributed by atoms with Crippen LogP contribution in [0.2, 0.25) is 0 Å². The van der Waals surface area contributed by atoms with Crippen LogP contribution >= 0.6 is 11.8 Å². The monoisotopic (exact) mass is 484 g/mol. The zero-order chi connectivity index (χ0) is 24.4. The fourth-order valence-electron chi connectivity index (χ4n) is 3.74. The summed E-state index contributed by atoms with van der Waals surface area (Å²) >= 11 is 1.32. The van der Waals surface area contributed by atoms with Crippen LogP contribution in [-0.2, 0) is 4.79 Å². The van der Waals surface area contributed by atoms with Crippen molar-refractivity contribution in [1.29, 1.82) is 0 Å². The molecule has 0 radical (unpaired) electrons. The maximum absolute atomic E-state index is 12.9. The predicted molar refractivity (Wildman–Crippen MR) is 136 cm³/mol. The summed E-state index contributed by atoms with van der Waals surface area (Å²) in [5, 5.41) is 16.9. The van der Waals surface area contributed by atoms with Crippen LogP contribution in [-0.4, -0.2) is 36.2 Å². The van der Waals surface area contributed by atoms with Crippen molar-refractivity contribution in [1.82, 2.24) is 24.5 Å². The van der Waals surface area contributed by atoms with Crippen LogP contribution in [0.1, 0.15) is 17.0 Å². The second kappa shape index (κ2) is 9.63. The highest BCUT2D eigenvalue weighted by Gasteiger charge is 2.20. The van der Waals surface area contributed by atoms with Crippen LogP contribution in [0.3, 0.4) is 0 Å². The molecular weight excluding hydrogens is 460 g/mol. The standard InChI is InChI=1S/C26H24N6O2S/c1-17-9-11-21(12-10-17)32-23(15-18(2)30-32)27-24(33)16-35-26-29-28-25(22-13-14-34-19(22)3)31(26)20-7-5-4-6-8-20/h4-15H,16H2,1-3H3,(H,27,33). The van der Waals surface area contributed by atoms with Crippen LogP contribution in [0.15, 0.2) is 82.6 Å². The van der Waals surface area contributed by atoms with Crippen molar-refractivity contribution in [3.63, 3.8) is 0 Å². The molecule has 3 heterocycles. The van der Waals surface area contributed by atoms with Gasteiger partial charge < -0.3 is 9.73 Å². The molecule has 0 bridgehead atoms. The summed E-state index contributed by atoms with van der Waals surface area (Å²) in [6.07, 6.45) is 1.63. The molecule has 0 atom stereocenters. The van der Waals surface area contributed by atoms with Crippen molar-refractivity contribution in [3.8, 4) is 22.8 Å². The highest BCUT2D eigenvalue weighted by molar-refractivity contribution is 7.99. The zero-order valence-corrected chi connectivity index (χ0v) is 20.4. The largest absolute Gasteiger partial charge is 0.469 e. The number of rotatable bonds is 7. The van der Waals surface area contributed by atoms with Gasteiger partial charge in [-0.2, -0.15) is 5.10 Å². The third-order valence-electron chi connectivity index (χ3n) is 5.46. The molecular formula is C26H24N6O2S. The smallest absolute Gasteiger partial charge is 0.236 e. The summed E-state index contributed by atoms with van der Waals surface area (Å²) in [5.74, 6) is 2.04. The van der Waals surface area contributed by atoms with Gasteiger partial charge in [0.1, 0.15) is 11.6 Å². The van der Waals surface area contributed by atoms with Crippen LogP contribution < -0.4 is 5.32 Å². The highest BCUT2D eigenvalue weighted by atomic mass is 32.2. The Hall–Kier alpha value is -4.11. The Morgan fingerprint density at radius 3 is 2.46 bits per heavy atom. The molecule has 5 aromatic rings. The lowest BCUT2D eigenvalue weighted by molar-refractivity contribution is -0.113. The minimum atomic E-state index is -0.160. The molecule has 0 fully saturated rings. The lowest BCUT2D eigenvalue weighted by atomic mass is 10.2. The van der Waals surface area contributed by atoms with Gasteiger partial charge in [0, 0.05) is 11.8 Å². The maximum Gasteiger partial charge on any atom is 0.236 e. The van der Waals surface area contributed by atoms with E-state index in [0.29, 0.717) is 16.8 Å². The maximum atomic E-state index is 12.9. The first-order chi connectivity index (χ1) is 17.0. The zero-order valence-electron chi connectivity index (χ0n) is 19.6. The number of nitrogens with one attached hydrogen (secondary N) is 1. The first-order valence-electron chi connectivity index (χ1n) is 11.1. The van der Waals surface area contributed by atoms with Crippen molar-refractivity contribution in [3.05, 3.63) is 90.0 Å². The number of hydrogen-bond donors (Lipinski definition) is 1. The van der Waals surface area contributed by atoms with Gasteiger partial charge in [0.25, 0.3) is 0 Å². The van der Waals surface area contributed by atoms with E-state index in [-0.39, 0.29) is 11.7 Å². The molecule has 0 unspecified atom stereocenters. The van der Waals surface area contributed by atoms with Crippen LogP contribution in [0, 0.1) is 20.8 Å². The predicted octanol–water partition coefficient (Wildman–Crippen LogP) is 5.37. The van der Waals surface area contributed by atoms with E-state index in [1.165, 1.54) is 11.8 Å². The van der Waals surface area contributed by atoms with E-state index in [2.05, 4.69) is 20.6 Å². The number of nitrogens with zero attached hydrogens (tertiary/aromatic N) is 5. The molecule has 1 N–H and O–H groups in total. The Labute approximate surface area is 207 Å². The van der Waals surface area contributed by atoms with Crippen molar-refractivity contribution in [2.24, 2.45) is 0 Å². The second-order valence-corrected chi connectivity index (χ2v) is 9.07. The van der Waals surface area contributed by atoms with E-state index >= 15 is 0 Å². The van der Waals surface area contributed by atoms with Crippen LogP contribution in [0.25, 0.3) is 22.8 Å². The fourth-order valence-corrected chi connectivity index (χ4v) is 4.50. The highest BCUT2D eigenvalue weighted by Crippen LogP contribution is 2.30. The molecule has 0 saturated carbocycles. The fraction of sp³-hybridized carbons (Fsp3) is 0.154. The number of thioether (sulfide) groups is 1. The molecule has 176 valence electrons. The SMILES string of the molecule is Cc1ccc(-n2nc(C)cc2NC(=O)CSc2nnc(-c3ccoc3C)n2-c2ccccc2)cc1. The van der Waals surface area contributed by atoms with Gasteiger partial charge in [-0.05, 0) is 51.1 Å². The first kappa shape index (κ1) is 22.7. The molecule has 8 nitrogen and oxygen atoms in total. The number of carbonyl (C=O) groups excluding carboxylic acids is 1. The number of aryl methyl sites for hydroxylation is 3. The first-order valence-corrected chi connectivity index (χ1v) is 12.1. The molecule has 5 rings (SSSR count). The Kier molecular flexibility index (Phi) is 6.24. The van der Waals surface area contributed by atoms with E-state index in [4.69, 9.17) is 4.42 Å². The molecule has 0 saturated heterocycles. The van der Waals surface area contributed by atoms with Crippen molar-refractivity contribution < 1.29 is 9.21 Å². The second-order valence-electron chi connectivity index (χ2n) is 8.12. The minimum absolute atomic E-state index is 0.160. The number of anilines is 1. The van der Waals surface area contributed by atoms with Gasteiger partial charge in [-0.3, -0.25) is 9.36 Å². The van der Waals surface area contributed by atoms with Crippen molar-refractivity contribution in [2.75, 3.05) is 11.1 Å². The molecule has 1 amide bonds. The third-order valence-corrected chi connectivity index (χ3v) is 6.39. The Morgan fingerprint density at radius 1 is 0.971 bits per heavy atom. The van der Waals surface area contributed by atoms with Gasteiger partial charge in [0.2, 0.25) is 5.91 Å². The van der Waals surface area contributed by atoms with Gasteiger partial charge in [-0.15, -0.1) is 10.2 Å². The van der Waals surface area contributed by atoms with Crippen LogP contribution in [0.4, 0.5) is 5.82 Å².